The number of fused-ring (bicyclic) bond motifs is 1. The monoisotopic (exact) mass is 433 g/mol. The summed E-state index contributed by atoms with van der Waals surface area (Å²) >= 11 is 0. The molecule has 0 bridgehead atoms. The van der Waals surface area contributed by atoms with E-state index in [9.17, 15) is 18.0 Å². The molecule has 2 aromatic heterocycles. The number of halogens is 3. The first kappa shape index (κ1) is 20.9. The summed E-state index contributed by atoms with van der Waals surface area (Å²) in [5.74, 6) is -0.572. The van der Waals surface area contributed by atoms with Gasteiger partial charge in [-0.3, -0.25) is 0 Å². The Labute approximate surface area is 176 Å². The number of aryl methyl sites for hydroxylation is 1. The molecule has 1 aromatic carbocycles. The number of amides is 2. The maximum absolute atomic E-state index is 13.1. The van der Waals surface area contributed by atoms with Crippen LogP contribution in [0.3, 0.4) is 0 Å². The molecule has 31 heavy (non-hydrogen) atoms. The molecule has 0 unspecified atom stereocenters. The summed E-state index contributed by atoms with van der Waals surface area (Å²) in [7, 11) is 0. The van der Waals surface area contributed by atoms with Gasteiger partial charge in [-0.15, -0.1) is 15.3 Å². The molecule has 8 nitrogen and oxygen atoms in total. The highest BCUT2D eigenvalue weighted by Gasteiger charge is 2.38. The predicted octanol–water partition coefficient (Wildman–Crippen LogP) is 3.49. The van der Waals surface area contributed by atoms with E-state index in [0.717, 1.165) is 22.9 Å². The molecule has 2 N–H and O–H groups in total. The molecule has 4 rings (SSSR count). The van der Waals surface area contributed by atoms with E-state index in [4.69, 9.17) is 0 Å². The number of benzene rings is 1. The third kappa shape index (κ3) is 4.86. The molecule has 1 saturated heterocycles. The van der Waals surface area contributed by atoms with E-state index < -0.39 is 12.0 Å². The third-order valence-electron chi connectivity index (χ3n) is 5.21. The van der Waals surface area contributed by atoms with Crippen molar-refractivity contribution in [1.82, 2.24) is 25.1 Å². The molecule has 0 spiro atoms. The molecular formula is C20H22F3N7O. The second-order valence-electron chi connectivity index (χ2n) is 7.64. The van der Waals surface area contributed by atoms with E-state index in [-0.39, 0.29) is 17.6 Å². The fourth-order valence-electron chi connectivity index (χ4n) is 3.61. The molecule has 1 aliphatic heterocycles. The second-order valence-corrected chi connectivity index (χ2v) is 7.64. The molecule has 3 heterocycles. The van der Waals surface area contributed by atoms with Crippen LogP contribution in [0.25, 0.3) is 5.65 Å². The van der Waals surface area contributed by atoms with Gasteiger partial charge >= 0.3 is 12.2 Å². The standard InChI is InChI=1S/C20H22F3N7O/c1-13-4-6-15(7-5-13)25-19(31)24-11-14-3-2-10-29(12-14)17-9-8-16-26-27-18(20(21,22)23)30(16)28-17/h4-9,14H,2-3,10-12H2,1H3,(H2,24,25,31)/t14-/m1/s1. The number of piperidine rings is 1. The Morgan fingerprint density at radius 3 is 2.68 bits per heavy atom. The van der Waals surface area contributed by atoms with Gasteiger partial charge in [0.2, 0.25) is 0 Å². The molecule has 0 radical (unpaired) electrons. The highest BCUT2D eigenvalue weighted by molar-refractivity contribution is 5.89. The largest absolute Gasteiger partial charge is 0.453 e. The lowest BCUT2D eigenvalue weighted by molar-refractivity contribution is -0.146. The Bertz CT molecular complexity index is 1060. The van der Waals surface area contributed by atoms with Gasteiger partial charge in [0, 0.05) is 25.3 Å². The molecule has 11 heteroatoms. The van der Waals surface area contributed by atoms with Crippen LogP contribution in [0.2, 0.25) is 0 Å². The average Bonchev–Trinajstić information content (AvgIpc) is 3.18. The van der Waals surface area contributed by atoms with Crippen molar-refractivity contribution in [3.63, 3.8) is 0 Å². The SMILES string of the molecule is Cc1ccc(NC(=O)NC[C@H]2CCCN(c3ccc4nnc(C(F)(F)F)n4n3)C2)cc1. The number of nitrogens with zero attached hydrogens (tertiary/aromatic N) is 5. The van der Waals surface area contributed by atoms with Crippen LogP contribution >= 0.6 is 0 Å². The van der Waals surface area contributed by atoms with Crippen molar-refractivity contribution in [2.45, 2.75) is 25.9 Å². The van der Waals surface area contributed by atoms with Crippen LogP contribution in [-0.2, 0) is 6.18 Å². The summed E-state index contributed by atoms with van der Waals surface area (Å²) in [6.45, 7) is 3.68. The van der Waals surface area contributed by atoms with Crippen molar-refractivity contribution >= 4 is 23.2 Å². The number of carbonyl (C=O) groups is 1. The zero-order valence-electron chi connectivity index (χ0n) is 16.9. The molecule has 164 valence electrons. The number of carbonyl (C=O) groups excluding carboxylic acids is 1. The molecule has 1 fully saturated rings. The van der Waals surface area contributed by atoms with Gasteiger partial charge < -0.3 is 15.5 Å². The van der Waals surface area contributed by atoms with Gasteiger partial charge in [0.05, 0.1) is 0 Å². The summed E-state index contributed by atoms with van der Waals surface area (Å²) in [5, 5.41) is 16.5. The zero-order valence-corrected chi connectivity index (χ0v) is 16.9. The van der Waals surface area contributed by atoms with Crippen LogP contribution in [0, 0.1) is 12.8 Å². The Morgan fingerprint density at radius 2 is 1.94 bits per heavy atom. The Kier molecular flexibility index (Phi) is 5.66. The zero-order chi connectivity index (χ0) is 22.0. The van der Waals surface area contributed by atoms with Gasteiger partial charge in [0.15, 0.2) is 5.65 Å². The Morgan fingerprint density at radius 1 is 1.16 bits per heavy atom. The number of rotatable bonds is 4. The van der Waals surface area contributed by atoms with E-state index in [1.165, 1.54) is 6.07 Å². The normalized spacial score (nSPS) is 17.0. The molecule has 1 atom stereocenters. The number of anilines is 2. The minimum atomic E-state index is -4.63. The first-order valence-electron chi connectivity index (χ1n) is 9.96. The summed E-state index contributed by atoms with van der Waals surface area (Å²) < 4.78 is 40.1. The summed E-state index contributed by atoms with van der Waals surface area (Å²) in [6, 6.07) is 10.3. The van der Waals surface area contributed by atoms with Crippen molar-refractivity contribution in [3.05, 3.63) is 47.8 Å². The van der Waals surface area contributed by atoms with Crippen LogP contribution in [0.1, 0.15) is 24.2 Å². The Balaban J connectivity index is 1.38. The lowest BCUT2D eigenvalue weighted by Gasteiger charge is -2.33. The van der Waals surface area contributed by atoms with Gasteiger partial charge in [0.1, 0.15) is 5.82 Å². The first-order chi connectivity index (χ1) is 14.8. The lowest BCUT2D eigenvalue weighted by atomic mass is 9.98. The second kappa shape index (κ2) is 8.40. The van der Waals surface area contributed by atoms with Crippen LogP contribution in [0.15, 0.2) is 36.4 Å². The smallest absolute Gasteiger partial charge is 0.355 e. The fourth-order valence-corrected chi connectivity index (χ4v) is 3.61. The number of hydrogen-bond donors (Lipinski definition) is 2. The van der Waals surface area contributed by atoms with Crippen LogP contribution in [-0.4, -0.2) is 45.5 Å². The van der Waals surface area contributed by atoms with Crippen molar-refractivity contribution < 1.29 is 18.0 Å². The lowest BCUT2D eigenvalue weighted by Crippen LogP contribution is -2.42. The molecule has 0 saturated carbocycles. The summed E-state index contributed by atoms with van der Waals surface area (Å²) in [4.78, 5) is 14.1. The molecule has 1 aliphatic rings. The highest BCUT2D eigenvalue weighted by Crippen LogP contribution is 2.28. The van der Waals surface area contributed by atoms with Crippen molar-refractivity contribution in [2.24, 2.45) is 5.92 Å². The van der Waals surface area contributed by atoms with Gasteiger partial charge in [-0.1, -0.05) is 17.7 Å². The van der Waals surface area contributed by atoms with E-state index in [2.05, 4.69) is 25.9 Å². The number of aromatic nitrogens is 4. The average molecular weight is 433 g/mol. The highest BCUT2D eigenvalue weighted by atomic mass is 19.4. The van der Waals surface area contributed by atoms with Gasteiger partial charge in [-0.25, -0.2) is 4.79 Å². The van der Waals surface area contributed by atoms with E-state index >= 15 is 0 Å². The maximum atomic E-state index is 13.1. The summed E-state index contributed by atoms with van der Waals surface area (Å²) in [6.07, 6.45) is -2.88. The van der Waals surface area contributed by atoms with E-state index in [1.54, 1.807) is 6.07 Å². The quantitative estimate of drug-likeness (QED) is 0.658. The van der Waals surface area contributed by atoms with Crippen LogP contribution in [0.5, 0.6) is 0 Å². The molecule has 2 amide bonds. The predicted molar refractivity (Wildman–Crippen MR) is 109 cm³/mol. The van der Waals surface area contributed by atoms with Gasteiger partial charge in [-0.05, 0) is 49.9 Å². The topological polar surface area (TPSA) is 87.5 Å². The number of alkyl halides is 3. The van der Waals surface area contributed by atoms with Crippen LogP contribution < -0.4 is 15.5 Å². The molecule has 3 aromatic rings. The number of hydrogen-bond acceptors (Lipinski definition) is 5. The molecule has 0 aliphatic carbocycles. The molecular weight excluding hydrogens is 411 g/mol. The van der Waals surface area contributed by atoms with Crippen molar-refractivity contribution in [1.29, 1.82) is 0 Å². The maximum Gasteiger partial charge on any atom is 0.453 e. The first-order valence-corrected chi connectivity index (χ1v) is 9.96. The van der Waals surface area contributed by atoms with Crippen LogP contribution in [0.4, 0.5) is 29.5 Å². The number of nitrogens with one attached hydrogen (secondary N) is 2. The third-order valence-corrected chi connectivity index (χ3v) is 5.21. The van der Waals surface area contributed by atoms with E-state index in [0.29, 0.717) is 31.1 Å². The fraction of sp³-hybridized carbons (Fsp3) is 0.400. The van der Waals surface area contributed by atoms with Gasteiger partial charge in [-0.2, -0.15) is 17.7 Å². The van der Waals surface area contributed by atoms with Crippen molar-refractivity contribution in [2.75, 3.05) is 29.9 Å². The minimum Gasteiger partial charge on any atom is -0.355 e. The van der Waals surface area contributed by atoms with Gasteiger partial charge in [0.25, 0.3) is 5.82 Å². The van der Waals surface area contributed by atoms with E-state index in [1.807, 2.05) is 36.1 Å². The number of urea groups is 1. The van der Waals surface area contributed by atoms with Crippen molar-refractivity contribution in [3.8, 4) is 0 Å². The Hall–Kier alpha value is -3.37. The minimum absolute atomic E-state index is 0.0408. The summed E-state index contributed by atoms with van der Waals surface area (Å²) in [5.41, 5.74) is 1.85.